The van der Waals surface area contributed by atoms with Gasteiger partial charge in [0.05, 0.1) is 19.2 Å². The minimum absolute atomic E-state index is 0.129. The van der Waals surface area contributed by atoms with Crippen molar-refractivity contribution in [2.45, 2.75) is 12.3 Å². The zero-order chi connectivity index (χ0) is 10.7. The van der Waals surface area contributed by atoms with E-state index in [1.165, 1.54) is 13.3 Å². The third kappa shape index (κ3) is 2.25. The lowest BCUT2D eigenvalue weighted by Crippen LogP contribution is -2.01. The largest absolute Gasteiger partial charge is 0.495 e. The van der Waals surface area contributed by atoms with Gasteiger partial charge in [0.1, 0.15) is 11.4 Å². The zero-order valence-electron chi connectivity index (χ0n) is 7.23. The molecule has 0 bridgehead atoms. The Labute approximate surface area is 98.8 Å². The molecule has 0 atom stereocenters. The molecule has 0 N–H and O–H groups in total. The number of nitrogens with zero attached hydrogens (tertiary/aromatic N) is 1. The van der Waals surface area contributed by atoms with Gasteiger partial charge < -0.3 is 4.74 Å². The van der Waals surface area contributed by atoms with Crippen LogP contribution in [0.1, 0.15) is 17.7 Å². The third-order valence-electron chi connectivity index (χ3n) is 1.67. The molecule has 2 nitrogen and oxygen atoms in total. The van der Waals surface area contributed by atoms with Crippen LogP contribution >= 0.6 is 34.2 Å². The van der Waals surface area contributed by atoms with E-state index >= 15 is 0 Å². The fourth-order valence-electron chi connectivity index (χ4n) is 0.978. The highest BCUT2D eigenvalue weighted by molar-refractivity contribution is 14.1. The van der Waals surface area contributed by atoms with Crippen molar-refractivity contribution in [2.75, 3.05) is 7.11 Å². The second-order valence-corrected chi connectivity index (χ2v) is 3.78. The van der Waals surface area contributed by atoms with Crippen molar-refractivity contribution < 1.29 is 13.5 Å². The van der Waals surface area contributed by atoms with E-state index in [9.17, 15) is 8.78 Å². The normalized spacial score (nSPS) is 10.7. The predicted octanol–water partition coefficient (Wildman–Crippen LogP) is 3.37. The summed E-state index contributed by atoms with van der Waals surface area (Å²) in [5.74, 6) is 0.567. The SMILES string of the molecule is COc1cnc(C(F)F)c(I)c1CCl. The van der Waals surface area contributed by atoms with Crippen LogP contribution < -0.4 is 4.74 Å². The van der Waals surface area contributed by atoms with Crippen LogP contribution in [-0.4, -0.2) is 12.1 Å². The number of hydrogen-bond acceptors (Lipinski definition) is 2. The first kappa shape index (κ1) is 11.9. The van der Waals surface area contributed by atoms with Crippen LogP contribution in [0, 0.1) is 3.57 Å². The highest BCUT2D eigenvalue weighted by Gasteiger charge is 2.18. The fourth-order valence-corrected chi connectivity index (χ4v) is 2.30. The molecule has 14 heavy (non-hydrogen) atoms. The number of halogens is 4. The predicted molar refractivity (Wildman–Crippen MR) is 58.0 cm³/mol. The Morgan fingerprint density at radius 3 is 2.71 bits per heavy atom. The van der Waals surface area contributed by atoms with E-state index in [0.29, 0.717) is 14.9 Å². The topological polar surface area (TPSA) is 22.1 Å². The third-order valence-corrected chi connectivity index (χ3v) is 3.14. The molecule has 0 unspecified atom stereocenters. The van der Waals surface area contributed by atoms with E-state index in [0.717, 1.165) is 0 Å². The van der Waals surface area contributed by atoms with Gasteiger partial charge in [-0.3, -0.25) is 4.98 Å². The van der Waals surface area contributed by atoms with E-state index in [-0.39, 0.29) is 11.6 Å². The highest BCUT2D eigenvalue weighted by Crippen LogP contribution is 2.31. The molecule has 0 aromatic carbocycles. The second kappa shape index (κ2) is 5.06. The summed E-state index contributed by atoms with van der Waals surface area (Å²) < 4.78 is 30.2. The van der Waals surface area contributed by atoms with E-state index in [4.69, 9.17) is 16.3 Å². The van der Waals surface area contributed by atoms with Gasteiger partial charge in [-0.15, -0.1) is 11.6 Å². The molecule has 6 heteroatoms. The van der Waals surface area contributed by atoms with Gasteiger partial charge in [0.15, 0.2) is 0 Å². The maximum atomic E-state index is 12.4. The lowest BCUT2D eigenvalue weighted by Gasteiger charge is -2.10. The number of ether oxygens (including phenoxy) is 1. The number of hydrogen-bond donors (Lipinski definition) is 0. The summed E-state index contributed by atoms with van der Waals surface area (Å²) in [7, 11) is 1.45. The van der Waals surface area contributed by atoms with Crippen LogP contribution in [0.2, 0.25) is 0 Å². The monoisotopic (exact) mass is 333 g/mol. The quantitative estimate of drug-likeness (QED) is 0.625. The molecule has 0 aliphatic rings. The molecule has 0 radical (unpaired) electrons. The molecule has 1 aromatic heterocycles. The van der Waals surface area contributed by atoms with Crippen molar-refractivity contribution in [2.24, 2.45) is 0 Å². The minimum Gasteiger partial charge on any atom is -0.495 e. The summed E-state index contributed by atoms with van der Waals surface area (Å²) in [6, 6.07) is 0. The van der Waals surface area contributed by atoms with Gasteiger partial charge >= 0.3 is 0 Å². The average Bonchev–Trinajstić information content (AvgIpc) is 2.16. The summed E-state index contributed by atoms with van der Waals surface area (Å²) >= 11 is 7.43. The summed E-state index contributed by atoms with van der Waals surface area (Å²) in [5.41, 5.74) is 0.308. The number of pyridine rings is 1. The van der Waals surface area contributed by atoms with Gasteiger partial charge in [0.2, 0.25) is 0 Å². The van der Waals surface area contributed by atoms with Gasteiger partial charge in [-0.2, -0.15) is 0 Å². The first-order chi connectivity index (χ1) is 6.61. The smallest absolute Gasteiger partial charge is 0.281 e. The lowest BCUT2D eigenvalue weighted by atomic mass is 10.2. The summed E-state index contributed by atoms with van der Waals surface area (Å²) in [6.07, 6.45) is -1.32. The van der Waals surface area contributed by atoms with Gasteiger partial charge in [0, 0.05) is 9.13 Å². The Morgan fingerprint density at radius 2 is 2.29 bits per heavy atom. The molecule has 0 saturated carbocycles. The maximum Gasteiger partial charge on any atom is 0.281 e. The first-order valence-electron chi connectivity index (χ1n) is 3.67. The molecule has 0 aliphatic heterocycles. The van der Waals surface area contributed by atoms with Crippen molar-refractivity contribution in [3.05, 3.63) is 21.0 Å². The fraction of sp³-hybridized carbons (Fsp3) is 0.375. The number of alkyl halides is 3. The van der Waals surface area contributed by atoms with Crippen LogP contribution in [0.5, 0.6) is 5.75 Å². The van der Waals surface area contributed by atoms with Crippen molar-refractivity contribution in [3.8, 4) is 5.75 Å². The lowest BCUT2D eigenvalue weighted by molar-refractivity contribution is 0.144. The summed E-state index contributed by atoms with van der Waals surface area (Å²) in [4.78, 5) is 3.62. The van der Waals surface area contributed by atoms with E-state index in [1.54, 1.807) is 22.6 Å². The van der Waals surface area contributed by atoms with Crippen molar-refractivity contribution in [3.63, 3.8) is 0 Å². The van der Waals surface area contributed by atoms with Crippen LogP contribution in [0.4, 0.5) is 8.78 Å². The van der Waals surface area contributed by atoms with Gasteiger partial charge in [-0.05, 0) is 22.6 Å². The van der Waals surface area contributed by atoms with Crippen LogP contribution in [0.25, 0.3) is 0 Å². The average molecular weight is 334 g/mol. The molecular formula is C8H7ClF2INO. The van der Waals surface area contributed by atoms with Crippen LogP contribution in [0.15, 0.2) is 6.20 Å². The molecule has 0 fully saturated rings. The number of rotatable bonds is 3. The van der Waals surface area contributed by atoms with Crippen molar-refractivity contribution in [1.29, 1.82) is 0 Å². The second-order valence-electron chi connectivity index (χ2n) is 2.44. The molecule has 78 valence electrons. The Bertz CT molecular complexity index is 335. The Hall–Kier alpha value is -0.170. The van der Waals surface area contributed by atoms with Gasteiger partial charge in [0.25, 0.3) is 6.43 Å². The van der Waals surface area contributed by atoms with Crippen molar-refractivity contribution >= 4 is 34.2 Å². The first-order valence-corrected chi connectivity index (χ1v) is 5.28. The van der Waals surface area contributed by atoms with Crippen molar-refractivity contribution in [1.82, 2.24) is 4.98 Å². The van der Waals surface area contributed by atoms with E-state index in [2.05, 4.69) is 4.98 Å². The van der Waals surface area contributed by atoms with Crippen LogP contribution in [0.3, 0.4) is 0 Å². The Balaban J connectivity index is 3.27. The van der Waals surface area contributed by atoms with Gasteiger partial charge in [-0.1, -0.05) is 0 Å². The van der Waals surface area contributed by atoms with Crippen LogP contribution in [-0.2, 0) is 5.88 Å². The minimum atomic E-state index is -2.59. The Morgan fingerprint density at radius 1 is 1.64 bits per heavy atom. The van der Waals surface area contributed by atoms with E-state index < -0.39 is 6.43 Å². The molecule has 0 saturated heterocycles. The summed E-state index contributed by atoms with van der Waals surface area (Å²) in [6.45, 7) is 0. The molecule has 1 rings (SSSR count). The molecule has 0 aliphatic carbocycles. The number of aromatic nitrogens is 1. The highest BCUT2D eigenvalue weighted by atomic mass is 127. The van der Waals surface area contributed by atoms with Gasteiger partial charge in [-0.25, -0.2) is 8.78 Å². The molecule has 1 heterocycles. The molecule has 0 spiro atoms. The number of methoxy groups -OCH3 is 1. The molecular weight excluding hydrogens is 326 g/mol. The zero-order valence-corrected chi connectivity index (χ0v) is 10.1. The summed E-state index contributed by atoms with van der Waals surface area (Å²) in [5, 5.41) is 0. The standard InChI is InChI=1S/C8H7ClF2INO/c1-14-5-3-13-7(8(10)11)6(12)4(5)2-9/h3,8H,2H2,1H3. The van der Waals surface area contributed by atoms with E-state index in [1.807, 2.05) is 0 Å². The molecule has 0 amide bonds. The maximum absolute atomic E-state index is 12.4. The Kier molecular flexibility index (Phi) is 4.31. The molecule has 1 aromatic rings.